The number of pyridine rings is 4. The van der Waals surface area contributed by atoms with Gasteiger partial charge in [-0.15, -0.1) is 0 Å². The Labute approximate surface area is 757 Å². The van der Waals surface area contributed by atoms with Gasteiger partial charge in [-0.2, -0.15) is 0 Å². The lowest BCUT2D eigenvalue weighted by atomic mass is 10.0. The van der Waals surface area contributed by atoms with Gasteiger partial charge in [-0.3, -0.25) is 19.9 Å². The van der Waals surface area contributed by atoms with E-state index in [-0.39, 0.29) is 0 Å². The molecule has 18 rings (SSSR count). The third-order valence-electron chi connectivity index (χ3n) is 22.9. The van der Waals surface area contributed by atoms with Gasteiger partial charge in [0, 0.05) is 180 Å². The van der Waals surface area contributed by atoms with E-state index < -0.39 is 0 Å². The molecule has 2 fully saturated rings. The van der Waals surface area contributed by atoms with Crippen molar-refractivity contribution in [3.8, 4) is 50.8 Å². The number of hydrogen-bond acceptors (Lipinski definition) is 26. The molecule has 0 amide bonds. The highest BCUT2D eigenvalue weighted by Crippen LogP contribution is 2.41. The molecule has 0 bridgehead atoms. The predicted molar refractivity (Wildman–Crippen MR) is 524 cm³/mol. The molecular weight excluding hydrogens is 1660 g/mol. The van der Waals surface area contributed by atoms with Gasteiger partial charge in [0.1, 0.15) is 11.6 Å². The summed E-state index contributed by atoms with van der Waals surface area (Å²) in [5, 5.41) is 27.4. The number of benzene rings is 4. The van der Waals surface area contributed by atoms with Crippen LogP contribution >= 0.6 is 60.5 Å². The largest absolute Gasteiger partial charge is 0.497 e. The van der Waals surface area contributed by atoms with Crippen molar-refractivity contribution in [3.05, 3.63) is 219 Å². The molecular formula is C94H104ClN25OS4. The number of aromatic nitrogens is 12. The van der Waals surface area contributed by atoms with Crippen molar-refractivity contribution >= 4 is 161 Å². The van der Waals surface area contributed by atoms with Crippen molar-refractivity contribution in [1.82, 2.24) is 74.5 Å². The Hall–Kier alpha value is -11.9. The minimum Gasteiger partial charge on any atom is -0.497 e. The number of halogens is 1. The molecule has 2 atom stereocenters. The normalized spacial score (nSPS) is 15.4. The second kappa shape index (κ2) is 39.1. The number of nitrogens with one attached hydrogen (secondary N) is 8. The molecule has 0 radical (unpaired) electrons. The first-order valence-electron chi connectivity index (χ1n) is 42.0. The van der Waals surface area contributed by atoms with E-state index in [0.717, 1.165) is 244 Å². The van der Waals surface area contributed by atoms with Crippen molar-refractivity contribution in [3.63, 3.8) is 0 Å². The lowest BCUT2D eigenvalue weighted by Crippen LogP contribution is -2.51. The lowest BCUT2D eigenvalue weighted by Gasteiger charge is -2.40. The Kier molecular flexibility index (Phi) is 27.5. The molecule has 0 spiro atoms. The van der Waals surface area contributed by atoms with Gasteiger partial charge in [0.2, 0.25) is 23.8 Å². The van der Waals surface area contributed by atoms with Crippen molar-refractivity contribution < 1.29 is 4.74 Å². The number of piperazine rings is 1. The molecule has 2 saturated heterocycles. The molecule has 12 aromatic rings. The standard InChI is InChI=1S/C26H31N7S.C24H26ClN7S.C24H28N6OS.C20H19N5S/c1-5-32-8-9-33(15-17(32)3)20-12-22(18(4)27-14-20)30-26-28-13-19-11-24(34)29-23-10-16(2)6-7-21(23)25(19)31-26;1-14-19(6-7-21(27-14)32(3)17-8-9-31(2)13-17)29-24-26-12-15-10-22(33)28-20-11-16(25)4-5-18(20)23(15)30-24;1-15-20(10-16(13-25-15)6-5-9-30(2)3)28-24-26-14-17-11-22(32)27-21-12-18(31-4)7-8-19(21)23(17)29-24;1-11-4-6-15-17(8-11)23-18(26)9-14-10-21-20(25-19(14)15)24-16-7-5-12(2)22-13(16)3/h6-7,10,12-14,17H,5,8-9,11,15H2,1-4H3,(H,29,34)(H,28,30,31);4-7,11-12,17H,8-10,13H2,1-3H3,(H,28,33)(H,26,29,30);7-8,10,12-14H,5-6,9,11H2,1-4H3,(H,27,32)(H,26,28,29);4-8,10H,9H2,1-3H3,(H,23,26)(H,21,24,25)/t17-;;;/m0.../s1. The lowest BCUT2D eigenvalue weighted by molar-refractivity contribution is 0.199. The van der Waals surface area contributed by atoms with E-state index in [1.165, 1.54) is 16.7 Å². The number of fused-ring (bicyclic) bond motifs is 12. The Morgan fingerprint density at radius 2 is 0.944 bits per heavy atom. The van der Waals surface area contributed by atoms with Crippen LogP contribution in [0.4, 0.5) is 80.8 Å². The van der Waals surface area contributed by atoms with Crippen LogP contribution in [0.5, 0.6) is 5.75 Å². The molecule has 642 valence electrons. The number of thiocarbonyl (C=S) groups is 4. The van der Waals surface area contributed by atoms with E-state index in [9.17, 15) is 0 Å². The fraction of sp³-hybridized carbons (Fsp3) is 0.319. The zero-order valence-corrected chi connectivity index (χ0v) is 77.0. The van der Waals surface area contributed by atoms with Crippen LogP contribution in [0.1, 0.15) is 94.1 Å². The summed E-state index contributed by atoms with van der Waals surface area (Å²) in [6.45, 7) is 26.0. The zero-order valence-electron chi connectivity index (χ0n) is 72.9. The first kappa shape index (κ1) is 88.0. The second-order valence-electron chi connectivity index (χ2n) is 32.7. The van der Waals surface area contributed by atoms with Crippen LogP contribution in [0.3, 0.4) is 0 Å². The first-order chi connectivity index (χ1) is 60.2. The number of rotatable bonds is 17. The van der Waals surface area contributed by atoms with Crippen molar-refractivity contribution in [2.24, 2.45) is 0 Å². The van der Waals surface area contributed by atoms with Gasteiger partial charge < -0.3 is 66.9 Å². The molecule has 8 aromatic heterocycles. The molecule has 26 nitrogen and oxygen atoms in total. The average Bonchev–Trinajstić information content (AvgIpc) is 1.72. The minimum atomic E-state index is 0.488. The van der Waals surface area contributed by atoms with Gasteiger partial charge in [-0.05, 0) is 211 Å². The number of hydrogen-bond donors (Lipinski definition) is 8. The van der Waals surface area contributed by atoms with Crippen LogP contribution in [0, 0.1) is 48.5 Å². The van der Waals surface area contributed by atoms with E-state index in [1.54, 1.807) is 7.11 Å². The van der Waals surface area contributed by atoms with Gasteiger partial charge >= 0.3 is 0 Å². The highest BCUT2D eigenvalue weighted by Gasteiger charge is 2.29. The molecule has 125 heavy (non-hydrogen) atoms. The van der Waals surface area contributed by atoms with Crippen LogP contribution in [-0.2, 0) is 32.1 Å². The maximum atomic E-state index is 6.20. The second-order valence-corrected chi connectivity index (χ2v) is 35.1. The van der Waals surface area contributed by atoms with Gasteiger partial charge in [-0.25, -0.2) is 44.9 Å². The monoisotopic (exact) mass is 1760 g/mol. The van der Waals surface area contributed by atoms with Gasteiger partial charge in [0.25, 0.3) is 0 Å². The SMILES string of the molecule is CCN1CCN(c2cnc(C)c(Nc3ncc4c(n3)-c3ccc(C)cc3NC(=S)C4)c2)C[C@@H]1C.COc1ccc2c(c1)NC(=S)Cc1cnc(Nc3cc(CCCN(C)C)cnc3C)nc1-2.Cc1ccc2c(c1)NC(=S)Cc1cnc(Nc3ccc(C)nc3C)nc1-2.Cc1nc(N(C)C2CCN(C)C2)ccc1Nc1ncc2c(n1)-c1ccc(Cl)cc1NC(=S)C2. The van der Waals surface area contributed by atoms with Gasteiger partial charge in [-0.1, -0.05) is 91.7 Å². The summed E-state index contributed by atoms with van der Waals surface area (Å²) in [6, 6.07) is 37.5. The summed E-state index contributed by atoms with van der Waals surface area (Å²) in [5.74, 6) is 3.91. The minimum absolute atomic E-state index is 0.488. The number of likely N-dealkylation sites (N-methyl/N-ethyl adjacent to an activating group) is 3. The zero-order chi connectivity index (χ0) is 87.9. The predicted octanol–water partition coefficient (Wildman–Crippen LogP) is 18.3. The summed E-state index contributed by atoms with van der Waals surface area (Å²) in [5.41, 5.74) is 28.2. The number of methoxy groups -OCH3 is 1. The topological polar surface area (TPSA) is 276 Å². The molecule has 14 heterocycles. The number of likely N-dealkylation sites (tertiary alicyclic amines) is 1. The Morgan fingerprint density at radius 1 is 0.480 bits per heavy atom. The number of anilines is 14. The van der Waals surface area contributed by atoms with Crippen LogP contribution in [0.15, 0.2) is 146 Å². The van der Waals surface area contributed by atoms with E-state index in [0.29, 0.717) is 66.6 Å². The van der Waals surface area contributed by atoms with Crippen molar-refractivity contribution in [1.29, 1.82) is 0 Å². The first-order valence-corrected chi connectivity index (χ1v) is 44.0. The third kappa shape index (κ3) is 21.4. The van der Waals surface area contributed by atoms with E-state index in [2.05, 4.69) is 212 Å². The molecule has 8 N–H and O–H groups in total. The van der Waals surface area contributed by atoms with E-state index in [1.807, 2.05) is 126 Å². The van der Waals surface area contributed by atoms with Crippen LogP contribution < -0.4 is 57.1 Å². The Balaban J connectivity index is 0.000000129. The molecule has 1 unspecified atom stereocenters. The third-order valence-corrected chi connectivity index (χ3v) is 24.1. The molecule has 6 aliphatic heterocycles. The fourth-order valence-corrected chi connectivity index (χ4v) is 17.3. The van der Waals surface area contributed by atoms with E-state index >= 15 is 0 Å². The Bertz CT molecular complexity index is 6110. The van der Waals surface area contributed by atoms with Gasteiger partial charge in [0.15, 0.2) is 0 Å². The highest BCUT2D eigenvalue weighted by molar-refractivity contribution is 7.81. The molecule has 0 aliphatic carbocycles. The summed E-state index contributed by atoms with van der Waals surface area (Å²) in [6.07, 6.45) is 17.0. The van der Waals surface area contributed by atoms with Crippen LogP contribution in [-0.4, -0.2) is 188 Å². The maximum Gasteiger partial charge on any atom is 0.227 e. The van der Waals surface area contributed by atoms with E-state index in [4.69, 9.17) is 90.1 Å². The summed E-state index contributed by atoms with van der Waals surface area (Å²) in [7, 11) is 10.1. The molecule has 0 saturated carbocycles. The number of aryl methyl sites for hydroxylation is 8. The van der Waals surface area contributed by atoms with Crippen molar-refractivity contribution in [2.45, 2.75) is 119 Å². The summed E-state index contributed by atoms with van der Waals surface area (Å²) >= 11 is 28.2. The molecule has 31 heteroatoms. The fourth-order valence-electron chi connectivity index (χ4n) is 16.1. The van der Waals surface area contributed by atoms with Crippen LogP contribution in [0.25, 0.3) is 45.0 Å². The Morgan fingerprint density at radius 3 is 1.42 bits per heavy atom. The number of nitrogens with zero attached hydrogens (tertiary/aromatic N) is 17. The summed E-state index contributed by atoms with van der Waals surface area (Å²) < 4.78 is 5.37. The molecule has 4 aromatic carbocycles. The number of ether oxygens (including phenoxy) is 1. The summed E-state index contributed by atoms with van der Waals surface area (Å²) in [4.78, 5) is 70.9. The van der Waals surface area contributed by atoms with Gasteiger partial charge in [0.05, 0.1) is 113 Å². The molecule has 6 aliphatic rings. The maximum absolute atomic E-state index is 6.20. The highest BCUT2D eigenvalue weighted by atomic mass is 35.5. The van der Waals surface area contributed by atoms with Crippen LogP contribution in [0.2, 0.25) is 5.02 Å². The smallest absolute Gasteiger partial charge is 0.227 e. The van der Waals surface area contributed by atoms with Crippen molar-refractivity contribution in [2.75, 3.05) is 133 Å². The average molecular weight is 1760 g/mol. The quantitative estimate of drug-likeness (QED) is 0.0393.